The standard InChI is InChI=1S/C13H8ClN5O2S4/c1-25(20,21)7-2-3-9-10(6-7)23-13(15-9)24-12-16-17-18-19(12)11-8(14)4-5-22-11/h2-6H,1H3. The van der Waals surface area contributed by atoms with Crippen LogP contribution in [0.2, 0.25) is 5.02 Å². The maximum Gasteiger partial charge on any atom is 0.222 e. The van der Waals surface area contributed by atoms with Crippen LogP contribution < -0.4 is 0 Å². The Kier molecular flexibility index (Phi) is 4.28. The molecule has 25 heavy (non-hydrogen) atoms. The lowest BCUT2D eigenvalue weighted by Gasteiger charge is -1.99. The summed E-state index contributed by atoms with van der Waals surface area (Å²) < 4.78 is 26.4. The second kappa shape index (κ2) is 6.32. The summed E-state index contributed by atoms with van der Waals surface area (Å²) >= 11 is 10.3. The van der Waals surface area contributed by atoms with Gasteiger partial charge in [0.25, 0.3) is 0 Å². The number of thiophene rings is 1. The number of thiazole rings is 1. The number of hydrogen-bond acceptors (Lipinski definition) is 9. The summed E-state index contributed by atoms with van der Waals surface area (Å²) in [7, 11) is -3.25. The van der Waals surface area contributed by atoms with Crippen molar-refractivity contribution in [3.05, 3.63) is 34.7 Å². The van der Waals surface area contributed by atoms with Gasteiger partial charge in [0.05, 0.1) is 20.1 Å². The summed E-state index contributed by atoms with van der Waals surface area (Å²) in [5.41, 5.74) is 0.730. The molecule has 3 heterocycles. The Morgan fingerprint density at radius 2 is 2.12 bits per heavy atom. The van der Waals surface area contributed by atoms with Crippen LogP contribution in [0.15, 0.2) is 44.0 Å². The first-order valence-electron chi connectivity index (χ1n) is 6.72. The number of fused-ring (bicyclic) bond motifs is 1. The normalized spacial score (nSPS) is 12.1. The fourth-order valence-electron chi connectivity index (χ4n) is 2.04. The van der Waals surface area contributed by atoms with Crippen LogP contribution in [0.3, 0.4) is 0 Å². The Bertz CT molecular complexity index is 1180. The molecule has 12 heteroatoms. The minimum Gasteiger partial charge on any atom is -0.229 e. The van der Waals surface area contributed by atoms with Gasteiger partial charge in [0.15, 0.2) is 14.2 Å². The molecule has 4 rings (SSSR count). The number of aromatic nitrogens is 5. The first-order chi connectivity index (χ1) is 11.9. The molecule has 7 nitrogen and oxygen atoms in total. The van der Waals surface area contributed by atoms with Crippen LogP contribution in [0, 0.1) is 0 Å². The number of sulfone groups is 1. The molecule has 0 fully saturated rings. The van der Waals surface area contributed by atoms with E-state index in [4.69, 9.17) is 11.6 Å². The molecule has 0 spiro atoms. The maximum atomic E-state index is 11.7. The average molecular weight is 430 g/mol. The molecule has 0 aliphatic carbocycles. The molecule has 1 aromatic carbocycles. The predicted octanol–water partition coefficient (Wildman–Crippen LogP) is 3.54. The highest BCUT2D eigenvalue weighted by atomic mass is 35.5. The highest BCUT2D eigenvalue weighted by Crippen LogP contribution is 2.36. The first-order valence-corrected chi connectivity index (χ1v) is 11.5. The van der Waals surface area contributed by atoms with E-state index in [1.807, 2.05) is 5.38 Å². The first kappa shape index (κ1) is 16.9. The zero-order valence-electron chi connectivity index (χ0n) is 12.5. The zero-order chi connectivity index (χ0) is 17.6. The zero-order valence-corrected chi connectivity index (χ0v) is 16.5. The summed E-state index contributed by atoms with van der Waals surface area (Å²) in [6, 6.07) is 6.67. The topological polar surface area (TPSA) is 90.6 Å². The third-order valence-corrected chi connectivity index (χ3v) is 7.61. The molecule has 0 bridgehead atoms. The lowest BCUT2D eigenvalue weighted by Crippen LogP contribution is -1.96. The lowest BCUT2D eigenvalue weighted by atomic mass is 10.3. The van der Waals surface area contributed by atoms with Crippen molar-refractivity contribution in [3.63, 3.8) is 0 Å². The predicted molar refractivity (Wildman–Crippen MR) is 98.9 cm³/mol. The summed E-state index contributed by atoms with van der Waals surface area (Å²) in [6.07, 6.45) is 1.18. The third kappa shape index (κ3) is 3.29. The molecular weight excluding hydrogens is 422 g/mol. The Labute approximate surface area is 159 Å². The summed E-state index contributed by atoms with van der Waals surface area (Å²) in [6.45, 7) is 0. The van der Waals surface area contributed by atoms with Crippen LogP contribution >= 0.6 is 46.0 Å². The number of hydrogen-bond donors (Lipinski definition) is 0. The smallest absolute Gasteiger partial charge is 0.222 e. The molecule has 0 saturated heterocycles. The van der Waals surface area contributed by atoms with Gasteiger partial charge in [-0.05, 0) is 51.8 Å². The minimum atomic E-state index is -3.25. The van der Waals surface area contributed by atoms with Crippen molar-refractivity contribution in [2.45, 2.75) is 14.4 Å². The number of rotatable bonds is 4. The van der Waals surface area contributed by atoms with Crippen LogP contribution in [0.1, 0.15) is 0 Å². The van der Waals surface area contributed by atoms with Gasteiger partial charge in [0.2, 0.25) is 5.16 Å². The molecule has 0 aliphatic rings. The molecule has 0 radical (unpaired) electrons. The van der Waals surface area contributed by atoms with Gasteiger partial charge in [-0.1, -0.05) is 11.6 Å². The highest BCUT2D eigenvalue weighted by Gasteiger charge is 2.17. The summed E-state index contributed by atoms with van der Waals surface area (Å²) in [5, 5.41) is 15.4. The van der Waals surface area contributed by atoms with E-state index in [-0.39, 0.29) is 4.90 Å². The van der Waals surface area contributed by atoms with E-state index < -0.39 is 9.84 Å². The fraction of sp³-hybridized carbons (Fsp3) is 0.0769. The number of nitrogens with zero attached hydrogens (tertiary/aromatic N) is 5. The van der Waals surface area contributed by atoms with E-state index in [0.717, 1.165) is 15.2 Å². The van der Waals surface area contributed by atoms with Gasteiger partial charge in [-0.15, -0.1) is 27.8 Å². The van der Waals surface area contributed by atoms with Crippen molar-refractivity contribution in [3.8, 4) is 5.00 Å². The molecule has 4 aromatic rings. The number of tetrazole rings is 1. The van der Waals surface area contributed by atoms with Gasteiger partial charge in [-0.3, -0.25) is 0 Å². The monoisotopic (exact) mass is 429 g/mol. The quantitative estimate of drug-likeness (QED) is 0.490. The maximum absolute atomic E-state index is 11.7. The summed E-state index contributed by atoms with van der Waals surface area (Å²) in [4.78, 5) is 4.78. The van der Waals surface area contributed by atoms with Gasteiger partial charge in [-0.25, -0.2) is 13.4 Å². The van der Waals surface area contributed by atoms with Crippen LogP contribution in [0.5, 0.6) is 0 Å². The second-order valence-corrected chi connectivity index (χ2v) is 10.5. The lowest BCUT2D eigenvalue weighted by molar-refractivity contribution is 0.602. The SMILES string of the molecule is CS(=O)(=O)c1ccc2nc(Sc3nnnn3-c3sccc3Cl)sc2c1. The summed E-state index contributed by atoms with van der Waals surface area (Å²) in [5.74, 6) is 0. The van der Waals surface area contributed by atoms with E-state index in [1.165, 1.54) is 40.7 Å². The van der Waals surface area contributed by atoms with E-state index in [9.17, 15) is 8.42 Å². The Morgan fingerprint density at radius 1 is 1.28 bits per heavy atom. The Balaban J connectivity index is 1.71. The largest absolute Gasteiger partial charge is 0.229 e. The van der Waals surface area contributed by atoms with Gasteiger partial charge in [0.1, 0.15) is 5.00 Å². The molecule has 0 saturated carbocycles. The number of halogens is 1. The molecule has 0 unspecified atom stereocenters. The van der Waals surface area contributed by atoms with E-state index in [2.05, 4.69) is 20.5 Å². The van der Waals surface area contributed by atoms with Crippen LogP contribution in [0.4, 0.5) is 0 Å². The highest BCUT2D eigenvalue weighted by molar-refractivity contribution is 8.01. The van der Waals surface area contributed by atoms with Crippen molar-refractivity contribution < 1.29 is 8.42 Å². The molecular formula is C13H8ClN5O2S4. The molecule has 0 N–H and O–H groups in total. The van der Waals surface area contributed by atoms with Crippen molar-refractivity contribution in [2.75, 3.05) is 6.26 Å². The van der Waals surface area contributed by atoms with E-state index in [0.29, 0.717) is 14.5 Å². The number of benzene rings is 1. The van der Waals surface area contributed by atoms with Crippen molar-refractivity contribution in [1.29, 1.82) is 0 Å². The fourth-order valence-corrected chi connectivity index (χ4v) is 5.90. The van der Waals surface area contributed by atoms with Crippen LogP contribution in [-0.2, 0) is 9.84 Å². The average Bonchev–Trinajstić information content (AvgIpc) is 3.24. The third-order valence-electron chi connectivity index (χ3n) is 3.18. The van der Waals surface area contributed by atoms with Crippen LogP contribution in [-0.4, -0.2) is 39.9 Å². The Hall–Kier alpha value is -1.53. The van der Waals surface area contributed by atoms with Gasteiger partial charge >= 0.3 is 0 Å². The molecule has 0 atom stereocenters. The molecule has 0 aliphatic heterocycles. The van der Waals surface area contributed by atoms with E-state index >= 15 is 0 Å². The molecule has 0 amide bonds. The van der Waals surface area contributed by atoms with Crippen LogP contribution in [0.25, 0.3) is 15.2 Å². The minimum absolute atomic E-state index is 0.274. The molecule has 128 valence electrons. The second-order valence-electron chi connectivity index (χ2n) is 4.93. The Morgan fingerprint density at radius 3 is 2.84 bits per heavy atom. The van der Waals surface area contributed by atoms with Crippen molar-refractivity contribution >= 4 is 66.1 Å². The van der Waals surface area contributed by atoms with Gasteiger partial charge in [-0.2, -0.15) is 4.68 Å². The van der Waals surface area contributed by atoms with Gasteiger partial charge in [0, 0.05) is 6.26 Å². The van der Waals surface area contributed by atoms with Gasteiger partial charge < -0.3 is 0 Å². The van der Waals surface area contributed by atoms with Crippen molar-refractivity contribution in [2.24, 2.45) is 0 Å². The van der Waals surface area contributed by atoms with Crippen molar-refractivity contribution in [1.82, 2.24) is 25.2 Å². The molecule has 3 aromatic heterocycles. The van der Waals surface area contributed by atoms with E-state index in [1.54, 1.807) is 28.9 Å².